The molecule has 0 radical (unpaired) electrons. The van der Waals surface area contributed by atoms with Gasteiger partial charge in [-0.3, -0.25) is 14.9 Å². The third-order valence-corrected chi connectivity index (χ3v) is 4.82. The molecule has 1 fully saturated rings. The Hall–Kier alpha value is -3.71. The van der Waals surface area contributed by atoms with Crippen LogP contribution in [0.5, 0.6) is 5.75 Å². The number of carbonyl (C=O) groups excluding carboxylic acids is 1. The van der Waals surface area contributed by atoms with E-state index in [2.05, 4.69) is 15.4 Å². The molecular formula is C22H24F6N4O4. The van der Waals surface area contributed by atoms with E-state index >= 15 is 0 Å². The fourth-order valence-electron chi connectivity index (χ4n) is 3.37. The number of rotatable bonds is 8. The van der Waals surface area contributed by atoms with Gasteiger partial charge in [0.2, 0.25) is 0 Å². The van der Waals surface area contributed by atoms with Gasteiger partial charge in [0.15, 0.2) is 0 Å². The van der Waals surface area contributed by atoms with E-state index in [0.717, 1.165) is 36.4 Å². The lowest BCUT2D eigenvalue weighted by atomic mass is 10.1. The molecule has 0 bridgehead atoms. The Balaban J connectivity index is 0.00000222. The summed E-state index contributed by atoms with van der Waals surface area (Å²) >= 11 is 0. The lowest BCUT2D eigenvalue weighted by molar-refractivity contribution is -0.384. The lowest BCUT2D eigenvalue weighted by Crippen LogP contribution is -2.25. The fraction of sp³-hybridized carbons (Fsp3) is 0.409. The van der Waals surface area contributed by atoms with Gasteiger partial charge < -0.3 is 20.3 Å². The third-order valence-electron chi connectivity index (χ3n) is 4.82. The van der Waals surface area contributed by atoms with Gasteiger partial charge in [-0.2, -0.15) is 0 Å². The molecule has 0 aromatic heterocycles. The van der Waals surface area contributed by atoms with Crippen LogP contribution in [0.3, 0.4) is 0 Å². The van der Waals surface area contributed by atoms with Crippen LogP contribution >= 0.6 is 0 Å². The van der Waals surface area contributed by atoms with Gasteiger partial charge in [0, 0.05) is 24.8 Å². The average molecular weight is 522 g/mol. The van der Waals surface area contributed by atoms with Crippen molar-refractivity contribution in [3.8, 4) is 5.75 Å². The number of nitrogens with one attached hydrogen (secondary N) is 2. The van der Waals surface area contributed by atoms with Crippen molar-refractivity contribution in [1.82, 2.24) is 0 Å². The summed E-state index contributed by atoms with van der Waals surface area (Å²) in [7, 11) is 0. The minimum atomic E-state index is -4.90. The van der Waals surface area contributed by atoms with E-state index < -0.39 is 47.8 Å². The SMILES string of the molecule is CC.O=C(Nc1ccc(OC(F)(F)F)cc1)c1cc([N+](=O)[O-])c(NCC(F)F)cc1N1CCC(F)C1. The molecule has 1 heterocycles. The molecule has 1 unspecified atom stereocenters. The number of ether oxygens (including phenoxy) is 1. The quantitative estimate of drug-likeness (QED) is 0.251. The first-order valence-corrected chi connectivity index (χ1v) is 10.8. The largest absolute Gasteiger partial charge is 0.573 e. The van der Waals surface area contributed by atoms with Gasteiger partial charge in [-0.1, -0.05) is 13.8 Å². The van der Waals surface area contributed by atoms with E-state index in [4.69, 9.17) is 0 Å². The Morgan fingerprint density at radius 2 is 1.86 bits per heavy atom. The van der Waals surface area contributed by atoms with E-state index in [1.165, 1.54) is 4.90 Å². The minimum absolute atomic E-state index is 0.0535. The molecule has 36 heavy (non-hydrogen) atoms. The van der Waals surface area contributed by atoms with Gasteiger partial charge >= 0.3 is 6.36 Å². The molecule has 3 rings (SSSR count). The highest BCUT2D eigenvalue weighted by Gasteiger charge is 2.31. The summed E-state index contributed by atoms with van der Waals surface area (Å²) in [6, 6.07) is 6.17. The van der Waals surface area contributed by atoms with Crippen LogP contribution in [0, 0.1) is 10.1 Å². The Labute approximate surface area is 202 Å². The second kappa shape index (κ2) is 12.3. The number of alkyl halides is 6. The van der Waals surface area contributed by atoms with Crippen molar-refractivity contribution in [3.05, 3.63) is 52.1 Å². The maximum Gasteiger partial charge on any atom is 0.573 e. The van der Waals surface area contributed by atoms with Crippen molar-refractivity contribution in [3.63, 3.8) is 0 Å². The number of nitro groups is 1. The Kier molecular flexibility index (Phi) is 9.76. The van der Waals surface area contributed by atoms with E-state index in [-0.39, 0.29) is 42.1 Å². The van der Waals surface area contributed by atoms with Crippen LogP contribution in [0.2, 0.25) is 0 Å². The van der Waals surface area contributed by atoms with Gasteiger partial charge in [0.1, 0.15) is 17.6 Å². The highest BCUT2D eigenvalue weighted by atomic mass is 19.4. The molecule has 1 atom stereocenters. The second-order valence-corrected chi connectivity index (χ2v) is 7.27. The minimum Gasteiger partial charge on any atom is -0.406 e. The molecule has 2 aromatic rings. The zero-order valence-corrected chi connectivity index (χ0v) is 19.2. The smallest absolute Gasteiger partial charge is 0.406 e. The Bertz CT molecular complexity index is 1050. The standard InChI is InChI=1S/C20H18F6N4O4.C2H6/c21-11-5-6-29(10-11)16-8-15(27-9-18(22)23)17(30(32)33)7-14(16)19(31)28-12-1-3-13(4-2-12)34-20(24,25)26;1-2/h1-4,7-8,11,18,27H,5-6,9-10H2,(H,28,31);1-2H3. The van der Waals surface area contributed by atoms with Gasteiger partial charge in [-0.05, 0) is 36.8 Å². The first-order chi connectivity index (χ1) is 16.9. The number of amides is 1. The number of benzene rings is 2. The maximum atomic E-state index is 13.8. The molecule has 1 aliphatic heterocycles. The van der Waals surface area contributed by atoms with Crippen molar-refractivity contribution in [1.29, 1.82) is 0 Å². The van der Waals surface area contributed by atoms with E-state index in [9.17, 15) is 41.3 Å². The van der Waals surface area contributed by atoms with E-state index in [1.54, 1.807) is 0 Å². The molecule has 8 nitrogen and oxygen atoms in total. The highest BCUT2D eigenvalue weighted by Crippen LogP contribution is 2.36. The molecular weight excluding hydrogens is 498 g/mol. The number of nitrogens with zero attached hydrogens (tertiary/aromatic N) is 2. The first-order valence-electron chi connectivity index (χ1n) is 10.8. The predicted octanol–water partition coefficient (Wildman–Crippen LogP) is 6.00. The topological polar surface area (TPSA) is 96.7 Å². The lowest BCUT2D eigenvalue weighted by Gasteiger charge is -2.22. The number of nitro benzene ring substituents is 1. The normalized spacial score (nSPS) is 15.2. The number of halogens is 6. The van der Waals surface area contributed by atoms with Gasteiger partial charge in [0.05, 0.1) is 22.7 Å². The average Bonchev–Trinajstić information content (AvgIpc) is 3.24. The van der Waals surface area contributed by atoms with Crippen molar-refractivity contribution in [2.45, 2.75) is 39.2 Å². The molecule has 198 valence electrons. The molecule has 1 aliphatic rings. The molecule has 14 heteroatoms. The molecule has 1 amide bonds. The molecule has 0 saturated carbocycles. The number of carbonyl (C=O) groups is 1. The van der Waals surface area contributed by atoms with Crippen LogP contribution in [0.1, 0.15) is 30.6 Å². The Morgan fingerprint density at radius 3 is 2.36 bits per heavy atom. The fourth-order valence-corrected chi connectivity index (χ4v) is 3.37. The van der Waals surface area contributed by atoms with Crippen molar-refractivity contribution in [2.75, 3.05) is 35.2 Å². The van der Waals surface area contributed by atoms with Crippen molar-refractivity contribution >= 4 is 28.7 Å². The summed E-state index contributed by atoms with van der Waals surface area (Å²) in [5.74, 6) is -1.40. The molecule has 1 saturated heterocycles. The van der Waals surface area contributed by atoms with Crippen LogP contribution in [0.4, 0.5) is 49.1 Å². The van der Waals surface area contributed by atoms with Gasteiger partial charge in [-0.15, -0.1) is 13.2 Å². The van der Waals surface area contributed by atoms with Gasteiger partial charge in [0.25, 0.3) is 18.0 Å². The summed E-state index contributed by atoms with van der Waals surface area (Å²) in [6.45, 7) is 3.18. The molecule has 0 spiro atoms. The predicted molar refractivity (Wildman–Crippen MR) is 122 cm³/mol. The third kappa shape index (κ3) is 7.92. The summed E-state index contributed by atoms with van der Waals surface area (Å²) < 4.78 is 79.8. The summed E-state index contributed by atoms with van der Waals surface area (Å²) in [4.78, 5) is 25.0. The number of anilines is 3. The van der Waals surface area contributed by atoms with Crippen LogP contribution < -0.4 is 20.3 Å². The summed E-state index contributed by atoms with van der Waals surface area (Å²) in [5, 5.41) is 16.2. The monoisotopic (exact) mass is 522 g/mol. The summed E-state index contributed by atoms with van der Waals surface area (Å²) in [6.07, 6.45) is -8.79. The molecule has 2 aromatic carbocycles. The number of hydrogen-bond acceptors (Lipinski definition) is 6. The van der Waals surface area contributed by atoms with E-state index in [1.807, 2.05) is 13.8 Å². The van der Waals surface area contributed by atoms with Crippen LogP contribution in [0.15, 0.2) is 36.4 Å². The second-order valence-electron chi connectivity index (χ2n) is 7.27. The maximum absolute atomic E-state index is 13.8. The zero-order chi connectivity index (χ0) is 27.0. The van der Waals surface area contributed by atoms with Crippen molar-refractivity contribution < 1.29 is 40.8 Å². The zero-order valence-electron chi connectivity index (χ0n) is 19.2. The first kappa shape index (κ1) is 28.5. The highest BCUT2D eigenvalue weighted by molar-refractivity contribution is 6.09. The van der Waals surface area contributed by atoms with Crippen LogP contribution in [-0.2, 0) is 0 Å². The van der Waals surface area contributed by atoms with E-state index in [0.29, 0.717) is 0 Å². The Morgan fingerprint density at radius 1 is 1.22 bits per heavy atom. The van der Waals surface area contributed by atoms with Crippen LogP contribution in [-0.4, -0.2) is 49.4 Å². The number of hydrogen-bond donors (Lipinski definition) is 2. The van der Waals surface area contributed by atoms with Crippen molar-refractivity contribution in [2.24, 2.45) is 0 Å². The molecule has 2 N–H and O–H groups in total. The summed E-state index contributed by atoms with van der Waals surface area (Å²) in [5.41, 5.74) is -1.03. The van der Waals surface area contributed by atoms with Gasteiger partial charge in [-0.25, -0.2) is 13.2 Å². The van der Waals surface area contributed by atoms with Crippen LogP contribution in [0.25, 0.3) is 0 Å². The molecule has 0 aliphatic carbocycles.